The molecule has 0 saturated carbocycles. The fourth-order valence-corrected chi connectivity index (χ4v) is 2.73. The number of pyridine rings is 1. The van der Waals surface area contributed by atoms with E-state index in [1.54, 1.807) is 0 Å². The van der Waals surface area contributed by atoms with Crippen molar-refractivity contribution in [3.05, 3.63) is 51.1 Å². The van der Waals surface area contributed by atoms with Crippen LogP contribution in [0.5, 0.6) is 11.6 Å². The van der Waals surface area contributed by atoms with Crippen molar-refractivity contribution < 1.29 is 4.74 Å². The van der Waals surface area contributed by atoms with E-state index in [1.807, 2.05) is 45.0 Å². The monoisotopic (exact) mass is 350 g/mol. The molecule has 2 rings (SSSR count). The Morgan fingerprint density at radius 2 is 1.90 bits per heavy atom. The lowest BCUT2D eigenvalue weighted by Gasteiger charge is -2.14. The maximum atomic E-state index is 5.92. The Kier molecular flexibility index (Phi) is 4.40. The molecule has 104 valence electrons. The van der Waals surface area contributed by atoms with Gasteiger partial charge in [-0.15, -0.1) is 0 Å². The summed E-state index contributed by atoms with van der Waals surface area (Å²) in [7, 11) is 0. The van der Waals surface area contributed by atoms with Gasteiger partial charge in [0.15, 0.2) is 0 Å². The maximum Gasteiger partial charge on any atom is 0.229 e. The fraction of sp³-hybridized carbons (Fsp3) is 0.200. The van der Waals surface area contributed by atoms with Crippen LogP contribution in [0.3, 0.4) is 0 Å². The average molecular weight is 351 g/mol. The molecule has 0 radical (unpaired) electrons. The summed E-state index contributed by atoms with van der Waals surface area (Å²) in [5.74, 6) is 1.20. The lowest BCUT2D eigenvalue weighted by atomic mass is 10.1. The molecule has 0 aliphatic rings. The summed E-state index contributed by atoms with van der Waals surface area (Å²) in [6, 6.07) is 7.74. The summed E-state index contributed by atoms with van der Waals surface area (Å²) < 4.78 is 6.92. The first-order valence-electron chi connectivity index (χ1n) is 6.10. The molecule has 0 atom stereocenters. The van der Waals surface area contributed by atoms with Crippen LogP contribution < -0.4 is 10.5 Å². The number of hydrogen-bond acceptors (Lipinski definition) is 3. The summed E-state index contributed by atoms with van der Waals surface area (Å²) in [5, 5.41) is 0. The second-order valence-electron chi connectivity index (χ2n) is 4.64. The minimum atomic E-state index is 0.291. The molecule has 20 heavy (non-hydrogen) atoms. The van der Waals surface area contributed by atoms with E-state index >= 15 is 0 Å². The fourth-order valence-electron chi connectivity index (χ4n) is 2.01. The predicted octanol–water partition coefficient (Wildman–Crippen LogP) is 4.20. The molecule has 5 heteroatoms. The molecule has 2 aromatic rings. The van der Waals surface area contributed by atoms with Gasteiger partial charge in [0.1, 0.15) is 10.7 Å². The summed E-state index contributed by atoms with van der Waals surface area (Å²) in [6.45, 7) is 5.84. The smallest absolute Gasteiger partial charge is 0.229 e. The molecule has 1 heterocycles. The number of rotatable bonds is 3. The molecular weight excluding hydrogens is 336 g/mol. The number of nitrogens with zero attached hydrogens (tertiary/aromatic N) is 1. The number of halogens is 1. The number of hydrogen-bond donors (Lipinski definition) is 1. The molecule has 1 aromatic carbocycles. The van der Waals surface area contributed by atoms with Gasteiger partial charge in [-0.25, -0.2) is 4.98 Å². The molecule has 0 aliphatic carbocycles. The Morgan fingerprint density at radius 3 is 2.50 bits per heavy atom. The van der Waals surface area contributed by atoms with E-state index in [0.717, 1.165) is 27.0 Å². The highest BCUT2D eigenvalue weighted by Crippen LogP contribution is 2.30. The molecule has 0 fully saturated rings. The standard InChI is InChI=1S/C15H15BrN2OS/c1-8-7-11(16)4-5-12(8)19-15-13(14(17)20)9(2)6-10(3)18-15/h4-7H,1-3H3,(H2,17,20). The van der Waals surface area contributed by atoms with Gasteiger partial charge in [0.25, 0.3) is 0 Å². The Labute approximate surface area is 132 Å². The summed E-state index contributed by atoms with van der Waals surface area (Å²) in [6.07, 6.45) is 0. The second-order valence-corrected chi connectivity index (χ2v) is 5.99. The third kappa shape index (κ3) is 3.16. The molecule has 3 nitrogen and oxygen atoms in total. The van der Waals surface area contributed by atoms with Gasteiger partial charge >= 0.3 is 0 Å². The number of ether oxygens (including phenoxy) is 1. The number of nitrogens with two attached hydrogens (primary N) is 1. The van der Waals surface area contributed by atoms with Gasteiger partial charge in [-0.3, -0.25) is 0 Å². The van der Waals surface area contributed by atoms with E-state index in [4.69, 9.17) is 22.7 Å². The van der Waals surface area contributed by atoms with Gasteiger partial charge in [-0.2, -0.15) is 0 Å². The van der Waals surface area contributed by atoms with Gasteiger partial charge < -0.3 is 10.5 Å². The van der Waals surface area contributed by atoms with Crippen molar-refractivity contribution in [2.45, 2.75) is 20.8 Å². The van der Waals surface area contributed by atoms with Crippen LogP contribution in [0.25, 0.3) is 0 Å². The Bertz CT molecular complexity index is 686. The van der Waals surface area contributed by atoms with E-state index in [1.165, 1.54) is 0 Å². The second kappa shape index (κ2) is 5.89. The Balaban J connectivity index is 2.50. The van der Waals surface area contributed by atoms with Crippen LogP contribution in [0.15, 0.2) is 28.7 Å². The lowest BCUT2D eigenvalue weighted by Crippen LogP contribution is -2.14. The van der Waals surface area contributed by atoms with Crippen LogP contribution in [-0.2, 0) is 0 Å². The molecular formula is C15H15BrN2OS. The highest BCUT2D eigenvalue weighted by Gasteiger charge is 2.14. The zero-order valence-electron chi connectivity index (χ0n) is 11.5. The van der Waals surface area contributed by atoms with Gasteiger partial charge in [-0.1, -0.05) is 28.1 Å². The normalized spacial score (nSPS) is 10.4. The molecule has 0 spiro atoms. The molecule has 0 amide bonds. The van der Waals surface area contributed by atoms with Crippen molar-refractivity contribution in [3.8, 4) is 11.6 Å². The van der Waals surface area contributed by atoms with E-state index in [0.29, 0.717) is 16.4 Å². The third-order valence-electron chi connectivity index (χ3n) is 2.90. The van der Waals surface area contributed by atoms with Gasteiger partial charge in [0.05, 0.1) is 5.56 Å². The third-order valence-corrected chi connectivity index (χ3v) is 3.60. The van der Waals surface area contributed by atoms with Crippen molar-refractivity contribution in [1.82, 2.24) is 4.98 Å². The molecule has 1 aromatic heterocycles. The van der Waals surface area contributed by atoms with Crippen molar-refractivity contribution in [3.63, 3.8) is 0 Å². The van der Waals surface area contributed by atoms with E-state index in [-0.39, 0.29) is 0 Å². The number of benzene rings is 1. The molecule has 0 bridgehead atoms. The Hall–Kier alpha value is -1.46. The maximum absolute atomic E-state index is 5.92. The zero-order valence-corrected chi connectivity index (χ0v) is 13.9. The first kappa shape index (κ1) is 14.9. The quantitative estimate of drug-likeness (QED) is 0.842. The van der Waals surface area contributed by atoms with Crippen LogP contribution >= 0.6 is 28.1 Å². The van der Waals surface area contributed by atoms with Crippen LogP contribution in [0, 0.1) is 20.8 Å². The van der Waals surface area contributed by atoms with Crippen LogP contribution in [0.1, 0.15) is 22.4 Å². The van der Waals surface area contributed by atoms with Gasteiger partial charge in [-0.05, 0) is 56.2 Å². The predicted molar refractivity (Wildman–Crippen MR) is 88.6 cm³/mol. The first-order valence-corrected chi connectivity index (χ1v) is 7.30. The molecule has 0 unspecified atom stereocenters. The highest BCUT2D eigenvalue weighted by molar-refractivity contribution is 9.10. The van der Waals surface area contributed by atoms with E-state index in [9.17, 15) is 0 Å². The topological polar surface area (TPSA) is 48.1 Å². The SMILES string of the molecule is Cc1cc(C)c(C(N)=S)c(Oc2ccc(Br)cc2C)n1. The van der Waals surface area contributed by atoms with Crippen molar-refractivity contribution in [2.75, 3.05) is 0 Å². The van der Waals surface area contributed by atoms with Crippen molar-refractivity contribution in [1.29, 1.82) is 0 Å². The molecule has 2 N–H and O–H groups in total. The van der Waals surface area contributed by atoms with Gasteiger partial charge in [0, 0.05) is 10.2 Å². The van der Waals surface area contributed by atoms with Crippen LogP contribution in [-0.4, -0.2) is 9.97 Å². The van der Waals surface area contributed by atoms with E-state index < -0.39 is 0 Å². The van der Waals surface area contributed by atoms with Gasteiger partial charge in [0.2, 0.25) is 5.88 Å². The average Bonchev–Trinajstić information content (AvgIpc) is 2.31. The number of thiocarbonyl (C=S) groups is 1. The number of aryl methyl sites for hydroxylation is 3. The van der Waals surface area contributed by atoms with Crippen molar-refractivity contribution >= 4 is 33.1 Å². The highest BCUT2D eigenvalue weighted by atomic mass is 79.9. The minimum Gasteiger partial charge on any atom is -0.438 e. The first-order chi connectivity index (χ1) is 9.38. The summed E-state index contributed by atoms with van der Waals surface area (Å²) in [4.78, 5) is 4.70. The largest absolute Gasteiger partial charge is 0.438 e. The molecule has 0 saturated heterocycles. The lowest BCUT2D eigenvalue weighted by molar-refractivity contribution is 0.456. The number of aromatic nitrogens is 1. The minimum absolute atomic E-state index is 0.291. The van der Waals surface area contributed by atoms with Crippen molar-refractivity contribution in [2.24, 2.45) is 5.73 Å². The Morgan fingerprint density at radius 1 is 1.20 bits per heavy atom. The van der Waals surface area contributed by atoms with E-state index in [2.05, 4.69) is 20.9 Å². The zero-order chi connectivity index (χ0) is 14.9. The summed E-state index contributed by atoms with van der Waals surface area (Å²) in [5.41, 5.74) is 9.32. The van der Waals surface area contributed by atoms with Crippen LogP contribution in [0.2, 0.25) is 0 Å². The van der Waals surface area contributed by atoms with Crippen LogP contribution in [0.4, 0.5) is 0 Å². The summed E-state index contributed by atoms with van der Waals surface area (Å²) >= 11 is 8.53. The molecule has 0 aliphatic heterocycles.